The molecular formula is C30H33ClN2O9S2. The molecule has 0 aliphatic carbocycles. The van der Waals surface area contributed by atoms with Crippen LogP contribution in [0.25, 0.3) is 0 Å². The monoisotopic (exact) mass is 664 g/mol. The van der Waals surface area contributed by atoms with E-state index in [1.807, 2.05) is 46.3 Å². The fourth-order valence-corrected chi connectivity index (χ4v) is 6.72. The number of sulfonamides is 2. The van der Waals surface area contributed by atoms with Crippen molar-refractivity contribution >= 4 is 49.4 Å². The topological polar surface area (TPSA) is 184 Å². The number of carboxylic acids is 1. The van der Waals surface area contributed by atoms with Gasteiger partial charge in [0, 0.05) is 5.56 Å². The normalized spacial score (nSPS) is 12.4. The molecule has 0 fully saturated rings. The van der Waals surface area contributed by atoms with Crippen molar-refractivity contribution in [2.45, 2.75) is 68.6 Å². The molecule has 2 amide bonds. The van der Waals surface area contributed by atoms with Gasteiger partial charge in [-0.15, -0.1) is 0 Å². The summed E-state index contributed by atoms with van der Waals surface area (Å²) < 4.78 is 55.4. The molecule has 0 heterocycles. The highest BCUT2D eigenvalue weighted by Crippen LogP contribution is 2.40. The third-order valence-corrected chi connectivity index (χ3v) is 9.72. The van der Waals surface area contributed by atoms with Gasteiger partial charge in [-0.25, -0.2) is 31.1 Å². The average molecular weight is 665 g/mol. The number of hydrogen-bond donors (Lipinski definition) is 4. The molecule has 0 aliphatic rings. The lowest BCUT2D eigenvalue weighted by molar-refractivity contribution is -0.118. The number of benzene rings is 3. The molecule has 3 rings (SSSR count). The molecule has 3 aromatic carbocycles. The molecule has 11 nitrogen and oxygen atoms in total. The van der Waals surface area contributed by atoms with E-state index < -0.39 is 64.0 Å². The minimum Gasteiger partial charge on any atom is -0.507 e. The number of rotatable bonds is 8. The lowest BCUT2D eigenvalue weighted by Crippen LogP contribution is -2.33. The van der Waals surface area contributed by atoms with Crippen LogP contribution in [-0.2, 0) is 42.1 Å². The van der Waals surface area contributed by atoms with Gasteiger partial charge in [-0.2, -0.15) is 0 Å². The van der Waals surface area contributed by atoms with E-state index in [0.717, 1.165) is 42.5 Å². The Morgan fingerprint density at radius 1 is 0.750 bits per heavy atom. The highest BCUT2D eigenvalue weighted by molar-refractivity contribution is 7.90. The Bertz CT molecular complexity index is 1820. The Morgan fingerprint density at radius 2 is 1.25 bits per heavy atom. The molecule has 0 aromatic heterocycles. The molecule has 4 N–H and O–H groups in total. The summed E-state index contributed by atoms with van der Waals surface area (Å²) in [5.74, 6) is -3.27. The van der Waals surface area contributed by atoms with Crippen LogP contribution >= 0.6 is 11.6 Å². The fourth-order valence-electron chi connectivity index (χ4n) is 4.23. The fraction of sp³-hybridized carbons (Fsp3) is 0.300. The number of carbonyl (C=O) groups excluding carboxylic acids is 2. The number of aromatic carboxylic acids is 1. The number of nitrogens with one attached hydrogen (secondary N) is 2. The standard InChI is InChI=1S/C30H33ClN2O9S2/c1-29(2,3)21-13-17(14-22(26(21)35)30(4,5)6)15-25(34)32-44(41,42)24-16-19(9-12-23(24)31)27(36)33-43(39,40)20-10-7-18(8-11-20)28(37)38/h7-14,16,35H,15H2,1-6H3,(H,32,34)(H,33,36)(H,37,38). The lowest BCUT2D eigenvalue weighted by atomic mass is 9.78. The number of phenolic OH excluding ortho intramolecular Hbond substituents is 1. The summed E-state index contributed by atoms with van der Waals surface area (Å²) in [5, 5.41) is 19.6. The molecule has 0 unspecified atom stereocenters. The van der Waals surface area contributed by atoms with E-state index in [4.69, 9.17) is 16.7 Å². The highest BCUT2D eigenvalue weighted by Gasteiger charge is 2.28. The molecule has 0 saturated heterocycles. The molecule has 0 atom stereocenters. The van der Waals surface area contributed by atoms with Gasteiger partial charge in [0.25, 0.3) is 26.0 Å². The lowest BCUT2D eigenvalue weighted by Gasteiger charge is -2.28. The van der Waals surface area contributed by atoms with Crippen molar-refractivity contribution in [1.29, 1.82) is 0 Å². The van der Waals surface area contributed by atoms with Gasteiger partial charge in [0.2, 0.25) is 5.91 Å². The van der Waals surface area contributed by atoms with Crippen molar-refractivity contribution in [3.05, 3.63) is 87.4 Å². The summed E-state index contributed by atoms with van der Waals surface area (Å²) in [6.45, 7) is 11.4. The van der Waals surface area contributed by atoms with Crippen LogP contribution in [0.2, 0.25) is 5.02 Å². The number of halogens is 1. The SMILES string of the molecule is CC(C)(C)c1cc(CC(=O)NS(=O)(=O)c2cc(C(=O)NS(=O)(=O)c3ccc(C(=O)O)cc3)ccc2Cl)cc(C(C)(C)C)c1O. The van der Waals surface area contributed by atoms with Crippen LogP contribution in [-0.4, -0.2) is 44.8 Å². The number of carbonyl (C=O) groups is 3. The summed E-state index contributed by atoms with van der Waals surface area (Å²) in [4.78, 5) is 35.7. The van der Waals surface area contributed by atoms with Gasteiger partial charge in [-0.05, 0) is 70.0 Å². The van der Waals surface area contributed by atoms with Gasteiger partial charge in [0.15, 0.2) is 0 Å². The van der Waals surface area contributed by atoms with Crippen molar-refractivity contribution in [3.8, 4) is 5.75 Å². The molecule has 0 saturated carbocycles. The van der Waals surface area contributed by atoms with Crippen LogP contribution in [0, 0.1) is 0 Å². The maximum absolute atomic E-state index is 13.2. The highest BCUT2D eigenvalue weighted by atomic mass is 35.5. The maximum atomic E-state index is 13.2. The quantitative estimate of drug-likeness (QED) is 0.269. The first kappa shape index (κ1) is 34.5. The predicted molar refractivity (Wildman–Crippen MR) is 164 cm³/mol. The molecule has 3 aromatic rings. The summed E-state index contributed by atoms with van der Waals surface area (Å²) in [5.41, 5.74) is 0.122. The number of carboxylic acid groups (broad SMARTS) is 1. The number of phenols is 1. The van der Waals surface area contributed by atoms with Crippen LogP contribution < -0.4 is 9.44 Å². The molecule has 236 valence electrons. The van der Waals surface area contributed by atoms with Crippen LogP contribution in [0.15, 0.2) is 64.4 Å². The van der Waals surface area contributed by atoms with Crippen LogP contribution in [0.5, 0.6) is 5.75 Å². The zero-order valence-corrected chi connectivity index (χ0v) is 27.2. The summed E-state index contributed by atoms with van der Waals surface area (Å²) in [6.07, 6.45) is -0.359. The zero-order chi connectivity index (χ0) is 33.4. The Kier molecular flexibility index (Phi) is 9.59. The maximum Gasteiger partial charge on any atom is 0.335 e. The second-order valence-electron chi connectivity index (χ2n) is 12.2. The Morgan fingerprint density at radius 3 is 1.73 bits per heavy atom. The first-order chi connectivity index (χ1) is 20.0. The third-order valence-electron chi connectivity index (χ3n) is 6.52. The predicted octanol–water partition coefficient (Wildman–Crippen LogP) is 4.51. The molecule has 0 aliphatic heterocycles. The molecule has 0 spiro atoms. The number of hydrogen-bond acceptors (Lipinski definition) is 8. The Balaban J connectivity index is 1.86. The molecule has 0 radical (unpaired) electrons. The van der Waals surface area contributed by atoms with Gasteiger partial charge in [-0.1, -0.05) is 65.3 Å². The van der Waals surface area contributed by atoms with E-state index in [-0.39, 0.29) is 22.8 Å². The van der Waals surface area contributed by atoms with E-state index in [2.05, 4.69) is 0 Å². The van der Waals surface area contributed by atoms with Gasteiger partial charge in [0.05, 0.1) is 21.9 Å². The molecule has 0 bridgehead atoms. The van der Waals surface area contributed by atoms with E-state index in [0.29, 0.717) is 16.7 Å². The summed E-state index contributed by atoms with van der Waals surface area (Å²) >= 11 is 6.10. The average Bonchev–Trinajstić information content (AvgIpc) is 2.87. The van der Waals surface area contributed by atoms with Gasteiger partial charge < -0.3 is 10.2 Å². The Hall–Kier alpha value is -3.94. The first-order valence-electron chi connectivity index (χ1n) is 13.2. The molecule has 44 heavy (non-hydrogen) atoms. The van der Waals surface area contributed by atoms with E-state index in [9.17, 15) is 36.3 Å². The first-order valence-corrected chi connectivity index (χ1v) is 16.5. The second kappa shape index (κ2) is 12.2. The van der Waals surface area contributed by atoms with Crippen LogP contribution in [0.1, 0.15) is 78.9 Å². The second-order valence-corrected chi connectivity index (χ2v) is 15.9. The van der Waals surface area contributed by atoms with Crippen molar-refractivity contribution in [2.24, 2.45) is 0 Å². The van der Waals surface area contributed by atoms with Crippen molar-refractivity contribution in [1.82, 2.24) is 9.44 Å². The van der Waals surface area contributed by atoms with Gasteiger partial charge in [-0.3, -0.25) is 9.59 Å². The van der Waals surface area contributed by atoms with Crippen molar-refractivity contribution < 1.29 is 41.4 Å². The Labute approximate surface area is 261 Å². The number of amides is 2. The number of aromatic hydroxyl groups is 1. The zero-order valence-electron chi connectivity index (χ0n) is 24.8. The smallest absolute Gasteiger partial charge is 0.335 e. The third kappa shape index (κ3) is 7.96. The van der Waals surface area contributed by atoms with Crippen LogP contribution in [0.3, 0.4) is 0 Å². The van der Waals surface area contributed by atoms with E-state index in [1.165, 1.54) is 0 Å². The largest absolute Gasteiger partial charge is 0.507 e. The van der Waals surface area contributed by atoms with Crippen LogP contribution in [0.4, 0.5) is 0 Å². The van der Waals surface area contributed by atoms with Crippen molar-refractivity contribution in [2.75, 3.05) is 0 Å². The minimum absolute atomic E-state index is 0.0999. The van der Waals surface area contributed by atoms with E-state index >= 15 is 0 Å². The minimum atomic E-state index is -4.63. The van der Waals surface area contributed by atoms with Gasteiger partial charge >= 0.3 is 5.97 Å². The summed E-state index contributed by atoms with van der Waals surface area (Å²) in [7, 11) is -9.08. The van der Waals surface area contributed by atoms with E-state index in [1.54, 1.807) is 16.9 Å². The molecule has 14 heteroatoms. The van der Waals surface area contributed by atoms with Gasteiger partial charge in [0.1, 0.15) is 10.6 Å². The molecular weight excluding hydrogens is 632 g/mol. The van der Waals surface area contributed by atoms with Crippen molar-refractivity contribution in [3.63, 3.8) is 0 Å². The summed E-state index contributed by atoms with van der Waals surface area (Å²) in [6, 6.07) is 10.4.